The molecule has 2 atom stereocenters. The van der Waals surface area contributed by atoms with Gasteiger partial charge in [0, 0.05) is 18.8 Å². The van der Waals surface area contributed by atoms with Crippen molar-refractivity contribution < 1.29 is 0 Å². The number of rotatable bonds is 1. The van der Waals surface area contributed by atoms with Crippen LogP contribution >= 0.6 is 12.2 Å². The van der Waals surface area contributed by atoms with Crippen LogP contribution in [0.25, 0.3) is 0 Å². The lowest BCUT2D eigenvalue weighted by Gasteiger charge is -2.36. The largest absolute Gasteiger partial charge is 0.348 e. The highest BCUT2D eigenvalue weighted by Gasteiger charge is 2.23. The molecule has 1 saturated heterocycles. The van der Waals surface area contributed by atoms with Crippen molar-refractivity contribution in [2.75, 3.05) is 18.4 Å². The Morgan fingerprint density at radius 3 is 2.28 bits per heavy atom. The fourth-order valence-electron chi connectivity index (χ4n) is 2.67. The van der Waals surface area contributed by atoms with E-state index < -0.39 is 0 Å². The number of nitrogens with zero attached hydrogens (tertiary/aromatic N) is 1. The van der Waals surface area contributed by atoms with E-state index in [0.717, 1.165) is 35.7 Å². The van der Waals surface area contributed by atoms with Crippen molar-refractivity contribution in [1.29, 1.82) is 0 Å². The maximum atomic E-state index is 5.51. The van der Waals surface area contributed by atoms with Crippen molar-refractivity contribution >= 4 is 23.0 Å². The van der Waals surface area contributed by atoms with Crippen molar-refractivity contribution in [3.63, 3.8) is 0 Å². The Bertz CT molecular complexity index is 403. The second kappa shape index (κ2) is 5.70. The molecule has 1 N–H and O–H groups in total. The van der Waals surface area contributed by atoms with Crippen LogP contribution in [0.1, 0.15) is 25.8 Å². The van der Waals surface area contributed by atoms with Crippen molar-refractivity contribution in [3.8, 4) is 0 Å². The summed E-state index contributed by atoms with van der Waals surface area (Å²) in [6.07, 6.45) is 1.31. The van der Waals surface area contributed by atoms with Crippen LogP contribution in [0.3, 0.4) is 0 Å². The Morgan fingerprint density at radius 1 is 1.17 bits per heavy atom. The van der Waals surface area contributed by atoms with Gasteiger partial charge in [-0.3, -0.25) is 0 Å². The summed E-state index contributed by atoms with van der Waals surface area (Å²) in [6, 6.07) is 8.37. The summed E-state index contributed by atoms with van der Waals surface area (Å²) in [7, 11) is 0. The van der Waals surface area contributed by atoms with Crippen LogP contribution in [0.4, 0.5) is 5.69 Å². The van der Waals surface area contributed by atoms with Gasteiger partial charge in [0.15, 0.2) is 5.11 Å². The minimum absolute atomic E-state index is 0.728. The molecular formula is C15H22N2S. The lowest BCUT2D eigenvalue weighted by molar-refractivity contribution is 0.216. The zero-order chi connectivity index (χ0) is 13.1. The molecule has 2 nitrogen and oxygen atoms in total. The molecule has 18 heavy (non-hydrogen) atoms. The highest BCUT2D eigenvalue weighted by Crippen LogP contribution is 2.21. The van der Waals surface area contributed by atoms with Gasteiger partial charge in [0.25, 0.3) is 0 Å². The fourth-order valence-corrected chi connectivity index (χ4v) is 2.94. The number of anilines is 1. The van der Waals surface area contributed by atoms with Gasteiger partial charge in [-0.1, -0.05) is 31.5 Å². The molecule has 2 rings (SSSR count). The SMILES string of the molecule is Cc1ccc(NC(=S)N2C[C@@H](C)C[C@H](C)C2)cc1. The molecule has 0 saturated carbocycles. The first-order valence-corrected chi connectivity index (χ1v) is 7.08. The van der Waals surface area contributed by atoms with Crippen molar-refractivity contribution in [2.24, 2.45) is 11.8 Å². The first-order chi connectivity index (χ1) is 8.54. The number of hydrogen-bond donors (Lipinski definition) is 1. The number of piperidine rings is 1. The smallest absolute Gasteiger partial charge is 0.173 e. The van der Waals surface area contributed by atoms with Gasteiger partial charge in [-0.25, -0.2) is 0 Å². The minimum Gasteiger partial charge on any atom is -0.348 e. The molecule has 1 fully saturated rings. The quantitative estimate of drug-likeness (QED) is 0.777. The van der Waals surface area contributed by atoms with Crippen LogP contribution in [0.15, 0.2) is 24.3 Å². The summed E-state index contributed by atoms with van der Waals surface area (Å²) in [4.78, 5) is 2.30. The minimum atomic E-state index is 0.728. The molecule has 0 aromatic heterocycles. The molecule has 0 spiro atoms. The van der Waals surface area contributed by atoms with Crippen LogP contribution in [0.5, 0.6) is 0 Å². The van der Waals surface area contributed by atoms with E-state index in [0.29, 0.717) is 0 Å². The molecule has 1 aliphatic heterocycles. The fraction of sp³-hybridized carbons (Fsp3) is 0.533. The van der Waals surface area contributed by atoms with E-state index in [1.165, 1.54) is 12.0 Å². The third kappa shape index (κ3) is 3.45. The van der Waals surface area contributed by atoms with E-state index in [-0.39, 0.29) is 0 Å². The normalized spacial score (nSPS) is 23.8. The summed E-state index contributed by atoms with van der Waals surface area (Å²) < 4.78 is 0. The van der Waals surface area contributed by atoms with Gasteiger partial charge in [-0.2, -0.15) is 0 Å². The molecule has 98 valence electrons. The highest BCUT2D eigenvalue weighted by atomic mass is 32.1. The van der Waals surface area contributed by atoms with E-state index in [1.54, 1.807) is 0 Å². The second-order valence-corrected chi connectivity index (χ2v) is 6.03. The van der Waals surface area contributed by atoms with Gasteiger partial charge >= 0.3 is 0 Å². The van der Waals surface area contributed by atoms with Crippen molar-refractivity contribution in [3.05, 3.63) is 29.8 Å². The summed E-state index contributed by atoms with van der Waals surface area (Å²) in [6.45, 7) is 8.84. The Labute approximate surface area is 115 Å². The van der Waals surface area contributed by atoms with Gasteiger partial charge in [0.1, 0.15) is 0 Å². The molecule has 1 heterocycles. The Morgan fingerprint density at radius 2 is 1.72 bits per heavy atom. The highest BCUT2D eigenvalue weighted by molar-refractivity contribution is 7.80. The molecule has 0 amide bonds. The maximum absolute atomic E-state index is 5.51. The third-order valence-electron chi connectivity index (χ3n) is 3.46. The van der Waals surface area contributed by atoms with Crippen LogP contribution in [0, 0.1) is 18.8 Å². The van der Waals surface area contributed by atoms with Gasteiger partial charge in [-0.05, 0) is 49.5 Å². The lowest BCUT2D eigenvalue weighted by atomic mass is 9.92. The van der Waals surface area contributed by atoms with E-state index in [9.17, 15) is 0 Å². The first-order valence-electron chi connectivity index (χ1n) is 6.67. The summed E-state index contributed by atoms with van der Waals surface area (Å²) in [5.41, 5.74) is 2.35. The third-order valence-corrected chi connectivity index (χ3v) is 3.82. The Balaban J connectivity index is 1.97. The van der Waals surface area contributed by atoms with Gasteiger partial charge in [0.2, 0.25) is 0 Å². The maximum Gasteiger partial charge on any atom is 0.173 e. The molecule has 3 heteroatoms. The zero-order valence-electron chi connectivity index (χ0n) is 11.4. The standard InChI is InChI=1S/C15H22N2S/c1-11-4-6-14(7-5-11)16-15(18)17-9-12(2)8-13(3)10-17/h4-7,12-13H,8-10H2,1-3H3,(H,16,18)/t12-,13-/m0/s1. The van der Waals surface area contributed by atoms with Crippen LogP contribution in [0.2, 0.25) is 0 Å². The molecule has 0 bridgehead atoms. The predicted molar refractivity (Wildman–Crippen MR) is 81.9 cm³/mol. The molecule has 1 aromatic rings. The van der Waals surface area contributed by atoms with E-state index in [2.05, 4.69) is 55.3 Å². The Kier molecular flexibility index (Phi) is 4.23. The summed E-state index contributed by atoms with van der Waals surface area (Å²) in [5, 5.41) is 4.20. The van der Waals surface area contributed by atoms with Gasteiger partial charge < -0.3 is 10.2 Å². The zero-order valence-corrected chi connectivity index (χ0v) is 12.3. The van der Waals surface area contributed by atoms with Crippen molar-refractivity contribution in [1.82, 2.24) is 4.90 Å². The summed E-state index contributed by atoms with van der Waals surface area (Å²) >= 11 is 5.51. The average Bonchev–Trinajstić information content (AvgIpc) is 2.31. The van der Waals surface area contributed by atoms with E-state index in [4.69, 9.17) is 12.2 Å². The number of thiocarbonyl (C=S) groups is 1. The molecule has 0 aliphatic carbocycles. The number of nitrogens with one attached hydrogen (secondary N) is 1. The molecule has 1 aliphatic rings. The average molecular weight is 262 g/mol. The number of hydrogen-bond acceptors (Lipinski definition) is 1. The molecule has 1 aromatic carbocycles. The predicted octanol–water partition coefficient (Wildman–Crippen LogP) is 3.67. The first kappa shape index (κ1) is 13.3. The number of benzene rings is 1. The number of aryl methyl sites for hydroxylation is 1. The Hall–Kier alpha value is -1.09. The van der Waals surface area contributed by atoms with Gasteiger partial charge in [-0.15, -0.1) is 0 Å². The van der Waals surface area contributed by atoms with Crippen molar-refractivity contribution in [2.45, 2.75) is 27.2 Å². The van der Waals surface area contributed by atoms with Crippen LogP contribution in [-0.2, 0) is 0 Å². The summed E-state index contributed by atoms with van der Waals surface area (Å²) in [5.74, 6) is 1.46. The molecular weight excluding hydrogens is 240 g/mol. The molecule has 0 radical (unpaired) electrons. The molecule has 0 unspecified atom stereocenters. The van der Waals surface area contributed by atoms with Crippen LogP contribution in [-0.4, -0.2) is 23.1 Å². The van der Waals surface area contributed by atoms with E-state index in [1.807, 2.05) is 0 Å². The topological polar surface area (TPSA) is 15.3 Å². The van der Waals surface area contributed by atoms with E-state index >= 15 is 0 Å². The number of likely N-dealkylation sites (tertiary alicyclic amines) is 1. The lowest BCUT2D eigenvalue weighted by Crippen LogP contribution is -2.44. The van der Waals surface area contributed by atoms with Crippen LogP contribution < -0.4 is 5.32 Å². The second-order valence-electron chi connectivity index (χ2n) is 5.65. The van der Waals surface area contributed by atoms with Gasteiger partial charge in [0.05, 0.1) is 0 Å². The monoisotopic (exact) mass is 262 g/mol.